The number of carbonyl (C=O) groups excluding carboxylic acids is 2. The minimum atomic E-state index is -0.311. The van der Waals surface area contributed by atoms with E-state index in [-0.39, 0.29) is 30.1 Å². The molecule has 0 saturated heterocycles. The maximum atomic E-state index is 13.4. The monoisotopic (exact) mass is 447 g/mol. The van der Waals surface area contributed by atoms with E-state index in [9.17, 15) is 14.0 Å². The largest absolute Gasteiger partial charge is 0.467 e. The minimum absolute atomic E-state index is 0.0495. The first-order valence-corrected chi connectivity index (χ1v) is 10.9. The standard InChI is InChI=1S/C26H26FN3O3/c1-17(2)12-25(31)29-21-9-10-23-19(13-21)14-24(26(32)28-15-22-4-3-11-33-22)30(23)16-18-5-7-20(27)8-6-18/h3-11,13-14,17H,12,15-16H2,1-2H3,(H,28,32)(H,29,31). The molecular weight excluding hydrogens is 421 g/mol. The number of furan rings is 1. The first kappa shape index (κ1) is 22.3. The van der Waals surface area contributed by atoms with Crippen LogP contribution in [0.15, 0.2) is 71.3 Å². The van der Waals surface area contributed by atoms with Crippen molar-refractivity contribution in [2.45, 2.75) is 33.4 Å². The molecule has 4 rings (SSSR count). The molecule has 4 aromatic rings. The van der Waals surface area contributed by atoms with Gasteiger partial charge in [-0.25, -0.2) is 4.39 Å². The van der Waals surface area contributed by atoms with Gasteiger partial charge in [0.1, 0.15) is 17.3 Å². The Labute approximate surface area is 191 Å². The molecule has 2 aromatic carbocycles. The normalized spacial score (nSPS) is 11.2. The van der Waals surface area contributed by atoms with Gasteiger partial charge in [0.25, 0.3) is 5.91 Å². The quantitative estimate of drug-likeness (QED) is 0.383. The summed E-state index contributed by atoms with van der Waals surface area (Å²) in [6.45, 7) is 4.64. The van der Waals surface area contributed by atoms with Gasteiger partial charge in [-0.1, -0.05) is 26.0 Å². The minimum Gasteiger partial charge on any atom is -0.467 e. The lowest BCUT2D eigenvalue weighted by Crippen LogP contribution is -2.25. The molecule has 0 aliphatic carbocycles. The number of hydrogen-bond acceptors (Lipinski definition) is 3. The van der Waals surface area contributed by atoms with Crippen molar-refractivity contribution in [2.75, 3.05) is 5.32 Å². The zero-order valence-electron chi connectivity index (χ0n) is 18.6. The van der Waals surface area contributed by atoms with E-state index in [1.807, 2.05) is 36.6 Å². The summed E-state index contributed by atoms with van der Waals surface area (Å²) in [6.07, 6.45) is 1.99. The van der Waals surface area contributed by atoms with E-state index in [2.05, 4.69) is 10.6 Å². The van der Waals surface area contributed by atoms with Gasteiger partial charge < -0.3 is 19.6 Å². The molecule has 0 fully saturated rings. The van der Waals surface area contributed by atoms with Crippen LogP contribution in [0.25, 0.3) is 10.9 Å². The average Bonchev–Trinajstić information content (AvgIpc) is 3.41. The molecular formula is C26H26FN3O3. The van der Waals surface area contributed by atoms with Gasteiger partial charge in [0.2, 0.25) is 5.91 Å². The van der Waals surface area contributed by atoms with Gasteiger partial charge in [-0.2, -0.15) is 0 Å². The van der Waals surface area contributed by atoms with Gasteiger partial charge in [-0.05, 0) is 60.0 Å². The first-order valence-electron chi connectivity index (χ1n) is 10.9. The van der Waals surface area contributed by atoms with E-state index in [4.69, 9.17) is 4.42 Å². The maximum Gasteiger partial charge on any atom is 0.268 e. The summed E-state index contributed by atoms with van der Waals surface area (Å²) in [5.41, 5.74) is 2.84. The number of amides is 2. The smallest absolute Gasteiger partial charge is 0.268 e. The second-order valence-electron chi connectivity index (χ2n) is 8.42. The fourth-order valence-corrected chi connectivity index (χ4v) is 3.73. The molecule has 2 heterocycles. The summed E-state index contributed by atoms with van der Waals surface area (Å²) in [5.74, 6) is 0.297. The van der Waals surface area contributed by atoms with Gasteiger partial charge in [0.05, 0.1) is 12.8 Å². The Morgan fingerprint density at radius 2 is 1.85 bits per heavy atom. The summed E-state index contributed by atoms with van der Waals surface area (Å²) in [6, 6.07) is 17.1. The molecule has 0 spiro atoms. The Morgan fingerprint density at radius 3 is 2.55 bits per heavy atom. The number of nitrogens with zero attached hydrogens (tertiary/aromatic N) is 1. The number of anilines is 1. The van der Waals surface area contributed by atoms with Crippen molar-refractivity contribution in [2.24, 2.45) is 5.92 Å². The lowest BCUT2D eigenvalue weighted by Gasteiger charge is -2.12. The summed E-state index contributed by atoms with van der Waals surface area (Å²) in [4.78, 5) is 25.2. The van der Waals surface area contributed by atoms with E-state index in [1.54, 1.807) is 36.6 Å². The van der Waals surface area contributed by atoms with Crippen LogP contribution in [0.3, 0.4) is 0 Å². The molecule has 170 valence electrons. The van der Waals surface area contributed by atoms with Crippen LogP contribution in [-0.2, 0) is 17.9 Å². The number of carbonyl (C=O) groups is 2. The molecule has 33 heavy (non-hydrogen) atoms. The predicted octanol–water partition coefficient (Wildman–Crippen LogP) is 5.34. The number of fused-ring (bicyclic) bond motifs is 1. The zero-order valence-corrected chi connectivity index (χ0v) is 18.6. The average molecular weight is 448 g/mol. The number of rotatable bonds is 8. The van der Waals surface area contributed by atoms with Crippen molar-refractivity contribution in [3.8, 4) is 0 Å². The molecule has 0 aliphatic heterocycles. The molecule has 0 atom stereocenters. The van der Waals surface area contributed by atoms with Gasteiger partial charge in [0.15, 0.2) is 0 Å². The molecule has 2 N–H and O–H groups in total. The van der Waals surface area contributed by atoms with E-state index < -0.39 is 0 Å². The number of aromatic nitrogens is 1. The second kappa shape index (κ2) is 9.73. The highest BCUT2D eigenvalue weighted by molar-refractivity contribution is 6.00. The zero-order chi connectivity index (χ0) is 23.4. The SMILES string of the molecule is CC(C)CC(=O)Nc1ccc2c(c1)cc(C(=O)NCc1ccco1)n2Cc1ccc(F)cc1. The molecule has 0 radical (unpaired) electrons. The Hall–Kier alpha value is -3.87. The summed E-state index contributed by atoms with van der Waals surface area (Å²) in [5, 5.41) is 6.62. The maximum absolute atomic E-state index is 13.4. The lowest BCUT2D eigenvalue weighted by molar-refractivity contribution is -0.116. The highest BCUT2D eigenvalue weighted by Gasteiger charge is 2.17. The Balaban J connectivity index is 1.65. The van der Waals surface area contributed by atoms with Gasteiger partial charge in [-0.15, -0.1) is 0 Å². The summed E-state index contributed by atoms with van der Waals surface area (Å²) in [7, 11) is 0. The second-order valence-corrected chi connectivity index (χ2v) is 8.42. The molecule has 6 nitrogen and oxygen atoms in total. The van der Waals surface area contributed by atoms with Crippen molar-refractivity contribution in [3.63, 3.8) is 0 Å². The first-order chi connectivity index (χ1) is 15.9. The van der Waals surface area contributed by atoms with Crippen LogP contribution >= 0.6 is 0 Å². The van der Waals surface area contributed by atoms with Crippen LogP contribution in [0.4, 0.5) is 10.1 Å². The van der Waals surface area contributed by atoms with Crippen molar-refractivity contribution in [3.05, 3.63) is 89.8 Å². The molecule has 0 unspecified atom stereocenters. The van der Waals surface area contributed by atoms with Crippen molar-refractivity contribution >= 4 is 28.4 Å². The molecule has 0 saturated carbocycles. The summed E-state index contributed by atoms with van der Waals surface area (Å²) < 4.78 is 20.6. The highest BCUT2D eigenvalue weighted by atomic mass is 19.1. The van der Waals surface area contributed by atoms with Crippen LogP contribution in [0.2, 0.25) is 0 Å². The van der Waals surface area contributed by atoms with Crippen LogP contribution in [-0.4, -0.2) is 16.4 Å². The van der Waals surface area contributed by atoms with Crippen LogP contribution in [0, 0.1) is 11.7 Å². The molecule has 7 heteroatoms. The van der Waals surface area contributed by atoms with Crippen molar-refractivity contribution in [1.29, 1.82) is 0 Å². The van der Waals surface area contributed by atoms with E-state index in [0.29, 0.717) is 30.1 Å². The molecule has 0 aliphatic rings. The van der Waals surface area contributed by atoms with E-state index in [0.717, 1.165) is 16.5 Å². The molecule has 2 amide bonds. The third-order valence-electron chi connectivity index (χ3n) is 5.27. The Kier molecular flexibility index (Phi) is 6.58. The number of nitrogens with one attached hydrogen (secondary N) is 2. The molecule has 2 aromatic heterocycles. The number of hydrogen-bond donors (Lipinski definition) is 2. The van der Waals surface area contributed by atoms with Crippen molar-refractivity contribution < 1.29 is 18.4 Å². The van der Waals surface area contributed by atoms with Crippen LogP contribution in [0.5, 0.6) is 0 Å². The van der Waals surface area contributed by atoms with Gasteiger partial charge in [0, 0.05) is 29.6 Å². The fraction of sp³-hybridized carbons (Fsp3) is 0.231. The number of benzene rings is 2. The molecule has 0 bridgehead atoms. The number of halogens is 1. The van der Waals surface area contributed by atoms with E-state index in [1.165, 1.54) is 12.1 Å². The van der Waals surface area contributed by atoms with Crippen LogP contribution < -0.4 is 10.6 Å². The fourth-order valence-electron chi connectivity index (χ4n) is 3.73. The highest BCUT2D eigenvalue weighted by Crippen LogP contribution is 2.25. The van der Waals surface area contributed by atoms with Gasteiger partial charge >= 0.3 is 0 Å². The van der Waals surface area contributed by atoms with Gasteiger partial charge in [-0.3, -0.25) is 9.59 Å². The lowest BCUT2D eigenvalue weighted by atomic mass is 10.1. The summed E-state index contributed by atoms with van der Waals surface area (Å²) >= 11 is 0. The third kappa shape index (κ3) is 5.49. The Bertz CT molecular complexity index is 1260. The predicted molar refractivity (Wildman–Crippen MR) is 125 cm³/mol. The van der Waals surface area contributed by atoms with E-state index >= 15 is 0 Å². The third-order valence-corrected chi connectivity index (χ3v) is 5.27. The van der Waals surface area contributed by atoms with Crippen molar-refractivity contribution in [1.82, 2.24) is 9.88 Å². The topological polar surface area (TPSA) is 76.3 Å². The Morgan fingerprint density at radius 1 is 1.06 bits per heavy atom. The van der Waals surface area contributed by atoms with Crippen LogP contribution in [0.1, 0.15) is 42.1 Å².